The predicted octanol–water partition coefficient (Wildman–Crippen LogP) is 2.82. The van der Waals surface area contributed by atoms with Gasteiger partial charge in [-0.1, -0.05) is 6.07 Å². The lowest BCUT2D eigenvalue weighted by Gasteiger charge is -2.04. The van der Waals surface area contributed by atoms with Gasteiger partial charge in [-0.2, -0.15) is 29.0 Å². The first kappa shape index (κ1) is 14.9. The molecule has 6 nitrogen and oxygen atoms in total. The lowest BCUT2D eigenvalue weighted by Crippen LogP contribution is -2.07. The third-order valence-corrected chi connectivity index (χ3v) is 2.63. The first-order valence-corrected chi connectivity index (χ1v) is 5.68. The van der Waals surface area contributed by atoms with Gasteiger partial charge in [0.25, 0.3) is 0 Å². The number of halogens is 3. The number of alkyl halides is 3. The Hall–Kier alpha value is -3.51. The molecule has 22 heavy (non-hydrogen) atoms. The van der Waals surface area contributed by atoms with Crippen molar-refractivity contribution in [1.29, 1.82) is 15.8 Å². The van der Waals surface area contributed by atoms with E-state index in [0.717, 1.165) is 0 Å². The highest BCUT2D eigenvalue weighted by Crippen LogP contribution is 2.31. The molecule has 1 heterocycles. The van der Waals surface area contributed by atoms with Crippen molar-refractivity contribution in [3.63, 3.8) is 0 Å². The summed E-state index contributed by atoms with van der Waals surface area (Å²) in [6.07, 6.45) is -4.64. The van der Waals surface area contributed by atoms with Crippen molar-refractivity contribution in [1.82, 2.24) is 9.97 Å². The van der Waals surface area contributed by atoms with E-state index in [-0.39, 0.29) is 22.4 Å². The molecule has 0 radical (unpaired) electrons. The summed E-state index contributed by atoms with van der Waals surface area (Å²) in [5.74, 6) is -1.18. The summed E-state index contributed by atoms with van der Waals surface area (Å²) in [6, 6.07) is 8.87. The van der Waals surface area contributed by atoms with E-state index in [2.05, 4.69) is 15.3 Å². The van der Waals surface area contributed by atoms with Crippen molar-refractivity contribution >= 4 is 16.7 Å². The second-order valence-electron chi connectivity index (χ2n) is 4.00. The van der Waals surface area contributed by atoms with Gasteiger partial charge in [0.15, 0.2) is 5.57 Å². The molecule has 0 saturated carbocycles. The molecule has 0 unspecified atom stereocenters. The van der Waals surface area contributed by atoms with Gasteiger partial charge in [-0.3, -0.25) is 0 Å². The number of benzene rings is 1. The van der Waals surface area contributed by atoms with Crippen LogP contribution in [0.2, 0.25) is 0 Å². The molecule has 0 fully saturated rings. The van der Waals surface area contributed by atoms with E-state index >= 15 is 0 Å². The van der Waals surface area contributed by atoms with Crippen LogP contribution in [0.1, 0.15) is 5.82 Å². The Balaban J connectivity index is 2.57. The number of nitriles is 3. The molecule has 2 aromatic rings. The van der Waals surface area contributed by atoms with E-state index in [1.165, 1.54) is 30.3 Å². The quantitative estimate of drug-likeness (QED) is 0.828. The average Bonchev–Trinajstić information content (AvgIpc) is 2.92. The topological polar surface area (TPSA) is 112 Å². The Kier molecular flexibility index (Phi) is 3.70. The number of nitrogens with one attached hydrogen (secondary N) is 2. The number of para-hydroxylation sites is 1. The van der Waals surface area contributed by atoms with Crippen molar-refractivity contribution in [3.8, 4) is 18.2 Å². The normalized spacial score (nSPS) is 10.4. The van der Waals surface area contributed by atoms with Crippen LogP contribution in [-0.4, -0.2) is 9.97 Å². The molecule has 108 valence electrons. The van der Waals surface area contributed by atoms with Crippen LogP contribution in [0.15, 0.2) is 29.5 Å². The lowest BCUT2D eigenvalue weighted by molar-refractivity contribution is -0.144. The molecule has 9 heteroatoms. The van der Waals surface area contributed by atoms with Gasteiger partial charge in [0.1, 0.15) is 29.4 Å². The number of aromatic amines is 1. The van der Waals surface area contributed by atoms with Crippen LogP contribution in [0.3, 0.4) is 0 Å². The fourth-order valence-electron chi connectivity index (χ4n) is 1.69. The van der Waals surface area contributed by atoms with E-state index in [1.54, 1.807) is 6.07 Å². The number of aromatic nitrogens is 2. The van der Waals surface area contributed by atoms with E-state index < -0.39 is 17.6 Å². The summed E-state index contributed by atoms with van der Waals surface area (Å²) in [6.45, 7) is 0. The van der Waals surface area contributed by atoms with Crippen molar-refractivity contribution in [2.24, 2.45) is 0 Å². The number of allylic oxidation sites excluding steroid dienone is 2. The van der Waals surface area contributed by atoms with Gasteiger partial charge in [0.2, 0.25) is 5.82 Å². The number of hydrogen-bond donors (Lipinski definition) is 2. The van der Waals surface area contributed by atoms with Crippen molar-refractivity contribution in [2.75, 3.05) is 5.32 Å². The van der Waals surface area contributed by atoms with Crippen LogP contribution in [-0.2, 0) is 6.18 Å². The molecule has 1 aromatic heterocycles. The van der Waals surface area contributed by atoms with Crippen molar-refractivity contribution in [2.45, 2.75) is 6.18 Å². The van der Waals surface area contributed by atoms with Gasteiger partial charge >= 0.3 is 6.18 Å². The molecule has 0 saturated heterocycles. The zero-order chi connectivity index (χ0) is 16.3. The first-order chi connectivity index (χ1) is 10.4. The molecule has 2 N–H and O–H groups in total. The van der Waals surface area contributed by atoms with Gasteiger partial charge in [-0.05, 0) is 12.1 Å². The van der Waals surface area contributed by atoms with E-state index in [0.29, 0.717) is 0 Å². The van der Waals surface area contributed by atoms with Gasteiger partial charge in [-0.15, -0.1) is 0 Å². The highest BCUT2D eigenvalue weighted by Gasteiger charge is 2.35. The number of imidazole rings is 1. The van der Waals surface area contributed by atoms with Gasteiger partial charge < -0.3 is 10.3 Å². The second kappa shape index (κ2) is 5.47. The number of anilines is 1. The summed E-state index contributed by atoms with van der Waals surface area (Å²) < 4.78 is 38.0. The summed E-state index contributed by atoms with van der Waals surface area (Å²) >= 11 is 0. The number of fused-ring (bicyclic) bond motifs is 1. The third kappa shape index (κ3) is 2.67. The number of H-pyrrole nitrogens is 1. The smallest absolute Gasteiger partial charge is 0.343 e. The molecule has 0 atom stereocenters. The molecule has 1 aromatic carbocycles. The molecule has 0 aliphatic rings. The highest BCUT2D eigenvalue weighted by molar-refractivity contribution is 5.89. The van der Waals surface area contributed by atoms with Gasteiger partial charge in [0.05, 0.1) is 11.2 Å². The Bertz CT molecular complexity index is 870. The molecular weight excluding hydrogens is 297 g/mol. The largest absolute Gasteiger partial charge is 0.449 e. The Morgan fingerprint density at radius 1 is 1.14 bits per heavy atom. The van der Waals surface area contributed by atoms with Crippen molar-refractivity contribution < 1.29 is 13.2 Å². The zero-order valence-corrected chi connectivity index (χ0v) is 10.7. The highest BCUT2D eigenvalue weighted by atomic mass is 19.4. The van der Waals surface area contributed by atoms with E-state index in [1.807, 2.05) is 0 Å². The first-order valence-electron chi connectivity index (χ1n) is 5.68. The third-order valence-electron chi connectivity index (χ3n) is 2.63. The lowest BCUT2D eigenvalue weighted by atomic mass is 10.2. The minimum atomic E-state index is -4.64. The minimum absolute atomic E-state index is 0.0576. The maximum Gasteiger partial charge on any atom is 0.449 e. The van der Waals surface area contributed by atoms with Crippen LogP contribution in [0.5, 0.6) is 0 Å². The predicted molar refractivity (Wildman–Crippen MR) is 68.6 cm³/mol. The van der Waals surface area contributed by atoms with Gasteiger partial charge in [0, 0.05) is 0 Å². The summed E-state index contributed by atoms with van der Waals surface area (Å²) in [4.78, 5) is 5.56. The van der Waals surface area contributed by atoms with Crippen LogP contribution in [0, 0.1) is 34.0 Å². The Morgan fingerprint density at radius 2 is 1.82 bits per heavy atom. The fourth-order valence-corrected chi connectivity index (χ4v) is 1.69. The number of rotatable bonds is 2. The van der Waals surface area contributed by atoms with Crippen LogP contribution in [0.25, 0.3) is 11.0 Å². The Labute approximate surface area is 121 Å². The standard InChI is InChI=1S/C13H5F3N6/c14-13(15,16)12-21-9-3-1-2-8(11(9)22-12)20-10(6-19)7(4-17)5-18/h1-3,20H,(H,21,22). The van der Waals surface area contributed by atoms with Crippen LogP contribution >= 0.6 is 0 Å². The molecular formula is C13H5F3N6. The van der Waals surface area contributed by atoms with E-state index in [4.69, 9.17) is 15.8 Å². The molecule has 0 bridgehead atoms. The number of hydrogen-bond acceptors (Lipinski definition) is 5. The zero-order valence-electron chi connectivity index (χ0n) is 10.7. The summed E-state index contributed by atoms with van der Waals surface area (Å²) in [7, 11) is 0. The summed E-state index contributed by atoms with van der Waals surface area (Å²) in [5.41, 5.74) is -0.730. The van der Waals surface area contributed by atoms with Crippen LogP contribution in [0.4, 0.5) is 18.9 Å². The van der Waals surface area contributed by atoms with Crippen molar-refractivity contribution in [3.05, 3.63) is 35.3 Å². The van der Waals surface area contributed by atoms with Crippen LogP contribution < -0.4 is 5.32 Å². The molecule has 2 rings (SSSR count). The molecule has 0 spiro atoms. The fraction of sp³-hybridized carbons (Fsp3) is 0.0769. The molecule has 0 amide bonds. The van der Waals surface area contributed by atoms with E-state index in [9.17, 15) is 13.2 Å². The number of nitrogens with zero attached hydrogens (tertiary/aromatic N) is 4. The Morgan fingerprint density at radius 3 is 2.36 bits per heavy atom. The average molecular weight is 302 g/mol. The summed E-state index contributed by atoms with van der Waals surface area (Å²) in [5, 5.41) is 28.9. The maximum absolute atomic E-state index is 12.7. The van der Waals surface area contributed by atoms with Gasteiger partial charge in [-0.25, -0.2) is 4.98 Å². The SMILES string of the molecule is N#CC(C#N)=C(C#N)Nc1cccc2[nH]c(C(F)(F)F)nc12. The molecule has 0 aliphatic carbocycles. The second-order valence-corrected chi connectivity index (χ2v) is 4.00. The minimum Gasteiger partial charge on any atom is -0.343 e. The maximum atomic E-state index is 12.7. The molecule has 0 aliphatic heterocycles. The monoisotopic (exact) mass is 302 g/mol.